The van der Waals surface area contributed by atoms with Crippen LogP contribution in [0.4, 0.5) is 5.69 Å². The van der Waals surface area contributed by atoms with Crippen molar-refractivity contribution < 1.29 is 9.72 Å². The van der Waals surface area contributed by atoms with Crippen molar-refractivity contribution in [3.8, 4) is 0 Å². The number of benzene rings is 2. The van der Waals surface area contributed by atoms with E-state index in [0.717, 1.165) is 5.56 Å². The molecule has 4 heteroatoms. The molecule has 0 atom stereocenters. The lowest BCUT2D eigenvalue weighted by Gasteiger charge is -1.96. The first kappa shape index (κ1) is 15.4. The molecule has 0 bridgehead atoms. The highest BCUT2D eigenvalue weighted by molar-refractivity contribution is 6.04. The summed E-state index contributed by atoms with van der Waals surface area (Å²) in [6.45, 7) is 1.96. The first-order chi connectivity index (χ1) is 10.6. The van der Waals surface area contributed by atoms with Gasteiger partial charge in [-0.05, 0) is 25.1 Å². The highest BCUT2D eigenvalue weighted by Gasteiger charge is 2.08. The fourth-order valence-electron chi connectivity index (χ4n) is 1.91. The van der Waals surface area contributed by atoms with Crippen LogP contribution >= 0.6 is 0 Å². The summed E-state index contributed by atoms with van der Waals surface area (Å²) in [4.78, 5) is 22.4. The van der Waals surface area contributed by atoms with Crippen molar-refractivity contribution >= 4 is 17.5 Å². The van der Waals surface area contributed by atoms with Crippen molar-refractivity contribution in [2.75, 3.05) is 0 Å². The van der Waals surface area contributed by atoms with Crippen LogP contribution in [0.3, 0.4) is 0 Å². The Morgan fingerprint density at radius 3 is 2.41 bits per heavy atom. The number of aryl methyl sites for hydroxylation is 1. The van der Waals surface area contributed by atoms with E-state index in [1.54, 1.807) is 48.6 Å². The number of nitrogens with zero attached hydrogens (tertiary/aromatic N) is 1. The van der Waals surface area contributed by atoms with Crippen molar-refractivity contribution in [2.24, 2.45) is 0 Å². The van der Waals surface area contributed by atoms with Gasteiger partial charge >= 0.3 is 0 Å². The molecule has 2 aromatic carbocycles. The van der Waals surface area contributed by atoms with Crippen LogP contribution in [0.25, 0.3) is 6.08 Å². The monoisotopic (exact) mass is 293 g/mol. The highest BCUT2D eigenvalue weighted by Crippen LogP contribution is 2.18. The van der Waals surface area contributed by atoms with Crippen LogP contribution in [0.2, 0.25) is 0 Å². The number of para-hydroxylation sites is 1. The van der Waals surface area contributed by atoms with Crippen molar-refractivity contribution in [1.82, 2.24) is 0 Å². The molecule has 2 aromatic rings. The molecule has 0 saturated carbocycles. The molecular weight excluding hydrogens is 278 g/mol. The summed E-state index contributed by atoms with van der Waals surface area (Å²) in [6, 6.07) is 13.8. The normalized spacial score (nSPS) is 11.1. The zero-order valence-electron chi connectivity index (χ0n) is 12.1. The lowest BCUT2D eigenvalue weighted by molar-refractivity contribution is -0.385. The molecule has 0 saturated heterocycles. The molecule has 0 amide bonds. The predicted octanol–water partition coefficient (Wildman–Crippen LogP) is 4.36. The Labute approximate surface area is 128 Å². The van der Waals surface area contributed by atoms with E-state index in [1.807, 2.05) is 19.1 Å². The van der Waals surface area contributed by atoms with Crippen LogP contribution < -0.4 is 0 Å². The minimum absolute atomic E-state index is 0.0389. The van der Waals surface area contributed by atoms with Crippen LogP contribution in [0.15, 0.2) is 66.8 Å². The molecule has 2 rings (SSSR count). The Kier molecular flexibility index (Phi) is 4.98. The molecule has 0 radical (unpaired) electrons. The van der Waals surface area contributed by atoms with Crippen LogP contribution in [-0.4, -0.2) is 10.7 Å². The lowest BCUT2D eigenvalue weighted by Crippen LogP contribution is -1.93. The maximum absolute atomic E-state index is 11.9. The fourth-order valence-corrected chi connectivity index (χ4v) is 1.91. The van der Waals surface area contributed by atoms with Gasteiger partial charge in [-0.3, -0.25) is 14.9 Å². The second-order valence-electron chi connectivity index (χ2n) is 4.76. The van der Waals surface area contributed by atoms with E-state index in [2.05, 4.69) is 0 Å². The van der Waals surface area contributed by atoms with Gasteiger partial charge in [0.2, 0.25) is 0 Å². The van der Waals surface area contributed by atoms with Gasteiger partial charge in [-0.25, -0.2) is 0 Å². The molecule has 0 fully saturated rings. The van der Waals surface area contributed by atoms with Crippen LogP contribution in [0, 0.1) is 17.0 Å². The topological polar surface area (TPSA) is 60.2 Å². The summed E-state index contributed by atoms with van der Waals surface area (Å²) in [5, 5.41) is 10.9. The average Bonchev–Trinajstić information content (AvgIpc) is 2.52. The predicted molar refractivity (Wildman–Crippen MR) is 86.8 cm³/mol. The second-order valence-corrected chi connectivity index (χ2v) is 4.76. The summed E-state index contributed by atoms with van der Waals surface area (Å²) in [6.07, 6.45) is 6.25. The SMILES string of the molecule is Cc1ccc(C(=O)C=CC=Cc2ccccc2[N+](=O)[O-])cc1. The number of hydrogen-bond acceptors (Lipinski definition) is 3. The number of rotatable bonds is 5. The number of allylic oxidation sites excluding steroid dienone is 3. The zero-order chi connectivity index (χ0) is 15.9. The Bertz CT molecular complexity index is 743. The first-order valence-corrected chi connectivity index (χ1v) is 6.77. The number of nitro groups is 1. The smallest absolute Gasteiger partial charge is 0.276 e. The maximum atomic E-state index is 11.9. The molecule has 0 aliphatic heterocycles. The third-order valence-electron chi connectivity index (χ3n) is 3.10. The van der Waals surface area contributed by atoms with E-state index < -0.39 is 4.92 Å². The largest absolute Gasteiger partial charge is 0.289 e. The molecule has 0 spiro atoms. The molecular formula is C18H15NO3. The standard InChI is InChI=1S/C18H15NO3/c1-14-10-12-16(13-11-14)18(20)9-5-3-7-15-6-2-4-8-17(15)19(21)22/h2-13H,1H3. The summed E-state index contributed by atoms with van der Waals surface area (Å²) in [5.74, 6) is -0.104. The molecule has 0 aromatic heterocycles. The Balaban J connectivity index is 2.07. The van der Waals surface area contributed by atoms with E-state index >= 15 is 0 Å². The lowest BCUT2D eigenvalue weighted by atomic mass is 10.1. The van der Waals surface area contributed by atoms with E-state index in [1.165, 1.54) is 12.1 Å². The van der Waals surface area contributed by atoms with Crippen molar-refractivity contribution in [1.29, 1.82) is 0 Å². The molecule has 4 nitrogen and oxygen atoms in total. The van der Waals surface area contributed by atoms with Gasteiger partial charge in [-0.15, -0.1) is 0 Å². The van der Waals surface area contributed by atoms with Gasteiger partial charge < -0.3 is 0 Å². The molecule has 0 N–H and O–H groups in total. The van der Waals surface area contributed by atoms with Gasteiger partial charge in [0, 0.05) is 11.6 Å². The Morgan fingerprint density at radius 2 is 1.73 bits per heavy atom. The third-order valence-corrected chi connectivity index (χ3v) is 3.10. The number of hydrogen-bond donors (Lipinski definition) is 0. The van der Waals surface area contributed by atoms with Gasteiger partial charge in [-0.2, -0.15) is 0 Å². The summed E-state index contributed by atoms with van der Waals surface area (Å²) >= 11 is 0. The van der Waals surface area contributed by atoms with E-state index in [4.69, 9.17) is 0 Å². The van der Waals surface area contributed by atoms with Crippen molar-refractivity contribution in [3.05, 3.63) is 93.6 Å². The van der Waals surface area contributed by atoms with Gasteiger partial charge in [0.25, 0.3) is 5.69 Å². The minimum Gasteiger partial charge on any atom is -0.289 e. The number of carbonyl (C=O) groups is 1. The molecule has 22 heavy (non-hydrogen) atoms. The highest BCUT2D eigenvalue weighted by atomic mass is 16.6. The maximum Gasteiger partial charge on any atom is 0.276 e. The third kappa shape index (κ3) is 3.99. The van der Waals surface area contributed by atoms with Crippen molar-refractivity contribution in [3.63, 3.8) is 0 Å². The summed E-state index contributed by atoms with van der Waals surface area (Å²) in [5.41, 5.74) is 2.25. The fraction of sp³-hybridized carbons (Fsp3) is 0.0556. The quantitative estimate of drug-likeness (QED) is 0.270. The van der Waals surface area contributed by atoms with Crippen molar-refractivity contribution in [2.45, 2.75) is 6.92 Å². The van der Waals surface area contributed by atoms with Crippen LogP contribution in [0.5, 0.6) is 0 Å². The molecule has 0 aliphatic carbocycles. The Hall–Kier alpha value is -3.01. The molecule has 0 aliphatic rings. The minimum atomic E-state index is -0.430. The summed E-state index contributed by atoms with van der Waals surface area (Å²) < 4.78 is 0. The number of carbonyl (C=O) groups excluding carboxylic acids is 1. The van der Waals surface area contributed by atoms with Gasteiger partial charge in [0.1, 0.15) is 0 Å². The number of ketones is 1. The molecule has 0 unspecified atom stereocenters. The molecule has 0 heterocycles. The van der Waals surface area contributed by atoms with E-state index in [0.29, 0.717) is 11.1 Å². The van der Waals surface area contributed by atoms with E-state index in [9.17, 15) is 14.9 Å². The first-order valence-electron chi connectivity index (χ1n) is 6.77. The van der Waals surface area contributed by atoms with Gasteiger partial charge in [0.15, 0.2) is 5.78 Å². The zero-order valence-corrected chi connectivity index (χ0v) is 12.1. The molecule has 110 valence electrons. The summed E-state index contributed by atoms with van der Waals surface area (Å²) in [7, 11) is 0. The van der Waals surface area contributed by atoms with Gasteiger partial charge in [0.05, 0.1) is 10.5 Å². The second kappa shape index (κ2) is 7.13. The van der Waals surface area contributed by atoms with E-state index in [-0.39, 0.29) is 11.5 Å². The Morgan fingerprint density at radius 1 is 1.05 bits per heavy atom. The number of nitro benzene ring substituents is 1. The van der Waals surface area contributed by atoms with Crippen LogP contribution in [-0.2, 0) is 0 Å². The van der Waals surface area contributed by atoms with Gasteiger partial charge in [-0.1, -0.05) is 54.1 Å². The van der Waals surface area contributed by atoms with Crippen LogP contribution in [0.1, 0.15) is 21.5 Å². The average molecular weight is 293 g/mol.